The van der Waals surface area contributed by atoms with E-state index < -0.39 is 0 Å². The van der Waals surface area contributed by atoms with Gasteiger partial charge in [-0.05, 0) is 24.2 Å². The summed E-state index contributed by atoms with van der Waals surface area (Å²) in [4.78, 5) is 11.8. The van der Waals surface area contributed by atoms with Crippen LogP contribution in [0.25, 0.3) is 0 Å². The van der Waals surface area contributed by atoms with Crippen LogP contribution in [0.3, 0.4) is 0 Å². The van der Waals surface area contributed by atoms with Crippen LogP contribution < -0.4 is 10.6 Å². The molecule has 6 heteroatoms. The molecule has 1 saturated carbocycles. The fraction of sp³-hybridized carbons (Fsp3) is 0.750. The van der Waals surface area contributed by atoms with Crippen LogP contribution in [0.5, 0.6) is 0 Å². The number of rotatable bonds is 6. The molecule has 1 aliphatic carbocycles. The molecule has 1 atom stereocenters. The Hall–Kier alpha value is -1.17. The molecule has 18 heavy (non-hydrogen) atoms. The Morgan fingerprint density at radius 1 is 1.50 bits per heavy atom. The third-order valence-electron chi connectivity index (χ3n) is 3.37. The molecule has 0 radical (unpaired) electrons. The molecule has 0 aliphatic heterocycles. The summed E-state index contributed by atoms with van der Waals surface area (Å²) in [6.07, 6.45) is 2.21. The van der Waals surface area contributed by atoms with Crippen LogP contribution >= 0.6 is 11.3 Å². The first-order valence-corrected chi connectivity index (χ1v) is 7.20. The molecule has 2 N–H and O–H groups in total. The molecule has 1 heterocycles. The zero-order valence-corrected chi connectivity index (χ0v) is 11.9. The van der Waals surface area contributed by atoms with Crippen LogP contribution in [0.1, 0.15) is 43.4 Å². The third kappa shape index (κ3) is 3.19. The Morgan fingerprint density at radius 2 is 2.22 bits per heavy atom. The van der Waals surface area contributed by atoms with Gasteiger partial charge in [0.15, 0.2) is 0 Å². The van der Waals surface area contributed by atoms with Gasteiger partial charge in [0, 0.05) is 13.1 Å². The van der Waals surface area contributed by atoms with E-state index in [1.54, 1.807) is 0 Å². The van der Waals surface area contributed by atoms with Crippen molar-refractivity contribution in [2.45, 2.75) is 33.6 Å². The minimum atomic E-state index is -0.111. The second-order valence-electron chi connectivity index (χ2n) is 5.44. The summed E-state index contributed by atoms with van der Waals surface area (Å²) in [5.41, 5.74) is 0.391. The van der Waals surface area contributed by atoms with Gasteiger partial charge in [-0.1, -0.05) is 32.1 Å². The molecular formula is C12H20N4OS. The number of aromatic nitrogens is 2. The van der Waals surface area contributed by atoms with E-state index in [-0.39, 0.29) is 5.91 Å². The Bertz CT molecular complexity index is 429. The maximum Gasteiger partial charge on any atom is 0.282 e. The molecule has 1 fully saturated rings. The lowest BCUT2D eigenvalue weighted by molar-refractivity contribution is 0.0949. The van der Waals surface area contributed by atoms with Gasteiger partial charge in [0.1, 0.15) is 0 Å². The van der Waals surface area contributed by atoms with E-state index in [1.165, 1.54) is 17.8 Å². The number of carbonyl (C=O) groups excluding carboxylic acids is 1. The van der Waals surface area contributed by atoms with Gasteiger partial charge in [-0.15, -0.1) is 10.2 Å². The van der Waals surface area contributed by atoms with E-state index in [9.17, 15) is 4.79 Å². The number of hydrogen-bond acceptors (Lipinski definition) is 5. The molecule has 1 aliphatic rings. The van der Waals surface area contributed by atoms with Crippen molar-refractivity contribution in [2.24, 2.45) is 11.3 Å². The highest BCUT2D eigenvalue weighted by Crippen LogP contribution is 2.50. The maximum absolute atomic E-state index is 11.8. The van der Waals surface area contributed by atoms with Crippen molar-refractivity contribution in [3.63, 3.8) is 0 Å². The summed E-state index contributed by atoms with van der Waals surface area (Å²) in [6.45, 7) is 8.12. The summed E-state index contributed by atoms with van der Waals surface area (Å²) < 4.78 is 0. The van der Waals surface area contributed by atoms with E-state index >= 15 is 0 Å². The zero-order chi connectivity index (χ0) is 13.2. The van der Waals surface area contributed by atoms with Crippen molar-refractivity contribution in [1.82, 2.24) is 15.5 Å². The molecule has 1 unspecified atom stereocenters. The van der Waals surface area contributed by atoms with Gasteiger partial charge in [-0.25, -0.2) is 0 Å². The number of amides is 1. The summed E-state index contributed by atoms with van der Waals surface area (Å²) in [5.74, 6) is 0.492. The van der Waals surface area contributed by atoms with E-state index in [2.05, 4.69) is 41.6 Å². The Labute approximate surface area is 111 Å². The molecule has 1 amide bonds. The highest BCUT2D eigenvalue weighted by Gasteiger charge is 2.45. The molecule has 0 saturated heterocycles. The summed E-state index contributed by atoms with van der Waals surface area (Å²) >= 11 is 1.31. The highest BCUT2D eigenvalue weighted by molar-refractivity contribution is 7.17. The predicted octanol–water partition coefficient (Wildman–Crippen LogP) is 2.14. The molecule has 0 bridgehead atoms. The van der Waals surface area contributed by atoms with Crippen LogP contribution in [0.15, 0.2) is 0 Å². The Balaban J connectivity index is 1.80. The number of hydrogen-bond donors (Lipinski definition) is 2. The Kier molecular flexibility index (Phi) is 3.85. The first-order valence-electron chi connectivity index (χ1n) is 6.38. The quantitative estimate of drug-likeness (QED) is 0.829. The minimum absolute atomic E-state index is 0.111. The lowest BCUT2D eigenvalue weighted by Gasteiger charge is -2.04. The van der Waals surface area contributed by atoms with Gasteiger partial charge in [0.25, 0.3) is 5.91 Å². The average Bonchev–Trinajstić information content (AvgIpc) is 2.77. The van der Waals surface area contributed by atoms with Crippen molar-refractivity contribution in [2.75, 3.05) is 18.4 Å². The van der Waals surface area contributed by atoms with Crippen LogP contribution in [0, 0.1) is 11.3 Å². The predicted molar refractivity (Wildman–Crippen MR) is 72.9 cm³/mol. The van der Waals surface area contributed by atoms with Crippen molar-refractivity contribution in [3.05, 3.63) is 5.01 Å². The third-order valence-corrected chi connectivity index (χ3v) is 4.25. The molecule has 1 aromatic heterocycles. The summed E-state index contributed by atoms with van der Waals surface area (Å²) in [6, 6.07) is 0. The van der Waals surface area contributed by atoms with E-state index in [0.717, 1.165) is 19.5 Å². The van der Waals surface area contributed by atoms with Gasteiger partial charge in [0.05, 0.1) is 0 Å². The second kappa shape index (κ2) is 5.22. The molecule has 2 rings (SSSR count). The standard InChI is InChI=1S/C12H20N4OS/c1-4-5-13-11-16-15-10(18-11)9(17)14-7-8-6-12(8,2)3/h8H,4-7H2,1-3H3,(H,13,16)(H,14,17). The largest absolute Gasteiger partial charge is 0.360 e. The van der Waals surface area contributed by atoms with Gasteiger partial charge in [0.2, 0.25) is 10.1 Å². The van der Waals surface area contributed by atoms with Crippen LogP contribution in [-0.2, 0) is 0 Å². The molecule has 100 valence electrons. The number of nitrogens with one attached hydrogen (secondary N) is 2. The molecule has 0 aromatic carbocycles. The van der Waals surface area contributed by atoms with Crippen molar-refractivity contribution in [3.8, 4) is 0 Å². The fourth-order valence-electron chi connectivity index (χ4n) is 1.83. The van der Waals surface area contributed by atoms with Crippen LogP contribution in [0.4, 0.5) is 5.13 Å². The normalized spacial score (nSPS) is 20.5. The topological polar surface area (TPSA) is 66.9 Å². The van der Waals surface area contributed by atoms with Crippen LogP contribution in [0.2, 0.25) is 0 Å². The molecular weight excluding hydrogens is 248 g/mol. The van der Waals surface area contributed by atoms with Gasteiger partial charge in [-0.2, -0.15) is 0 Å². The van der Waals surface area contributed by atoms with Gasteiger partial charge >= 0.3 is 0 Å². The van der Waals surface area contributed by atoms with Crippen molar-refractivity contribution >= 4 is 22.4 Å². The monoisotopic (exact) mass is 268 g/mol. The van der Waals surface area contributed by atoms with Crippen LogP contribution in [-0.4, -0.2) is 29.2 Å². The first kappa shape index (κ1) is 13.3. The van der Waals surface area contributed by atoms with E-state index in [4.69, 9.17) is 0 Å². The van der Waals surface area contributed by atoms with Gasteiger partial charge < -0.3 is 10.6 Å². The smallest absolute Gasteiger partial charge is 0.282 e. The molecule has 5 nitrogen and oxygen atoms in total. The Morgan fingerprint density at radius 3 is 2.83 bits per heavy atom. The maximum atomic E-state index is 11.8. The fourth-order valence-corrected chi connectivity index (χ4v) is 2.52. The number of carbonyl (C=O) groups is 1. The highest BCUT2D eigenvalue weighted by atomic mass is 32.1. The van der Waals surface area contributed by atoms with Crippen molar-refractivity contribution < 1.29 is 4.79 Å². The van der Waals surface area contributed by atoms with Gasteiger partial charge in [-0.3, -0.25) is 4.79 Å². The second-order valence-corrected chi connectivity index (χ2v) is 6.42. The van der Waals surface area contributed by atoms with Crippen molar-refractivity contribution in [1.29, 1.82) is 0 Å². The summed E-state index contributed by atoms with van der Waals surface area (Å²) in [5, 5.41) is 15.0. The first-order chi connectivity index (χ1) is 8.53. The van der Waals surface area contributed by atoms with E-state index in [1.807, 2.05) is 0 Å². The average molecular weight is 268 g/mol. The summed E-state index contributed by atoms with van der Waals surface area (Å²) in [7, 11) is 0. The minimum Gasteiger partial charge on any atom is -0.360 e. The zero-order valence-electron chi connectivity index (χ0n) is 11.1. The molecule has 0 spiro atoms. The molecule has 1 aromatic rings. The lowest BCUT2D eigenvalue weighted by Crippen LogP contribution is -2.26. The SMILES string of the molecule is CCCNc1nnc(C(=O)NCC2CC2(C)C)s1. The number of anilines is 1. The lowest BCUT2D eigenvalue weighted by atomic mass is 10.1. The van der Waals surface area contributed by atoms with E-state index in [0.29, 0.717) is 21.5 Å². The number of nitrogens with zero attached hydrogens (tertiary/aromatic N) is 2.